The van der Waals surface area contributed by atoms with Gasteiger partial charge in [0.1, 0.15) is 11.4 Å². The van der Waals surface area contributed by atoms with Gasteiger partial charge in [0.05, 0.1) is 6.54 Å². The molecule has 0 aromatic heterocycles. The number of anilines is 2. The van der Waals surface area contributed by atoms with Gasteiger partial charge in [0.2, 0.25) is 0 Å². The van der Waals surface area contributed by atoms with Crippen LogP contribution < -0.4 is 5.32 Å². The summed E-state index contributed by atoms with van der Waals surface area (Å²) in [5, 5.41) is 13.8. The summed E-state index contributed by atoms with van der Waals surface area (Å²) >= 11 is 0. The fraction of sp³-hybridized carbons (Fsp3) is 0.409. The maximum atomic E-state index is 14.3. The predicted molar refractivity (Wildman–Crippen MR) is 108 cm³/mol. The Labute approximate surface area is 166 Å². The number of benzene rings is 2. The molecule has 152 valence electrons. The first-order valence-electron chi connectivity index (χ1n) is 9.16. The zero-order chi connectivity index (χ0) is 21.1. The van der Waals surface area contributed by atoms with E-state index >= 15 is 0 Å². The first-order chi connectivity index (χ1) is 12.9. The number of carbonyl (C=O) groups excluding carboxylic acids is 1. The van der Waals surface area contributed by atoms with E-state index in [9.17, 15) is 14.4 Å². The van der Waals surface area contributed by atoms with Gasteiger partial charge in [0, 0.05) is 18.5 Å². The van der Waals surface area contributed by atoms with Crippen molar-refractivity contribution in [2.45, 2.75) is 52.2 Å². The second-order valence-electron chi connectivity index (χ2n) is 8.34. The molecule has 0 radical (unpaired) electrons. The van der Waals surface area contributed by atoms with Crippen molar-refractivity contribution < 1.29 is 19.1 Å². The van der Waals surface area contributed by atoms with Crippen LogP contribution in [0.5, 0.6) is 0 Å². The molecule has 0 aliphatic carbocycles. The van der Waals surface area contributed by atoms with E-state index < -0.39 is 11.5 Å². The number of halogens is 1. The van der Waals surface area contributed by atoms with E-state index in [1.165, 1.54) is 13.2 Å². The number of hydrogen-bond donors (Lipinski definition) is 2. The monoisotopic (exact) mass is 388 g/mol. The molecule has 0 unspecified atom stereocenters. The molecule has 1 amide bonds. The van der Waals surface area contributed by atoms with E-state index in [2.05, 4.69) is 5.32 Å². The van der Waals surface area contributed by atoms with Crippen LogP contribution in [0, 0.1) is 5.82 Å². The Morgan fingerprint density at radius 1 is 1.07 bits per heavy atom. The van der Waals surface area contributed by atoms with Crippen LogP contribution in [0.4, 0.5) is 15.8 Å². The second-order valence-corrected chi connectivity index (χ2v) is 8.34. The van der Waals surface area contributed by atoms with Gasteiger partial charge in [-0.1, -0.05) is 39.0 Å². The average molecular weight is 388 g/mol. The third kappa shape index (κ3) is 5.30. The van der Waals surface area contributed by atoms with Gasteiger partial charge < -0.3 is 10.1 Å². The van der Waals surface area contributed by atoms with Crippen molar-refractivity contribution in [2.24, 2.45) is 0 Å². The third-order valence-corrected chi connectivity index (χ3v) is 4.61. The molecule has 2 N–H and O–H groups in total. The van der Waals surface area contributed by atoms with Crippen molar-refractivity contribution in [1.82, 2.24) is 5.06 Å². The van der Waals surface area contributed by atoms with Gasteiger partial charge in [0.15, 0.2) is 0 Å². The number of methoxy groups -OCH3 is 1. The summed E-state index contributed by atoms with van der Waals surface area (Å²) in [7, 11) is 1.42. The Hall–Kier alpha value is -2.44. The van der Waals surface area contributed by atoms with Crippen LogP contribution in [-0.4, -0.2) is 28.9 Å². The van der Waals surface area contributed by atoms with Crippen LogP contribution in [0.3, 0.4) is 0 Å². The summed E-state index contributed by atoms with van der Waals surface area (Å²) in [5.74, 6) is -0.768. The summed E-state index contributed by atoms with van der Waals surface area (Å²) < 4.78 is 19.4. The molecular formula is C22H29FN2O3. The number of rotatable bonds is 6. The number of carbonyl (C=O) groups is 1. The molecular weight excluding hydrogens is 359 g/mol. The van der Waals surface area contributed by atoms with E-state index in [-0.39, 0.29) is 17.8 Å². The first kappa shape index (κ1) is 21.9. The van der Waals surface area contributed by atoms with Gasteiger partial charge in [-0.3, -0.25) is 10.0 Å². The molecule has 0 aliphatic rings. The second kappa shape index (κ2) is 8.29. The quantitative estimate of drug-likeness (QED) is 0.539. The van der Waals surface area contributed by atoms with Crippen molar-refractivity contribution in [1.29, 1.82) is 0 Å². The van der Waals surface area contributed by atoms with Crippen molar-refractivity contribution in [3.8, 4) is 0 Å². The highest BCUT2D eigenvalue weighted by Gasteiger charge is 2.31. The van der Waals surface area contributed by atoms with Gasteiger partial charge in [-0.25, -0.2) is 9.45 Å². The Morgan fingerprint density at radius 2 is 1.64 bits per heavy atom. The van der Waals surface area contributed by atoms with E-state index in [0.717, 1.165) is 11.3 Å². The van der Waals surface area contributed by atoms with Crippen LogP contribution in [0.25, 0.3) is 0 Å². The summed E-state index contributed by atoms with van der Waals surface area (Å²) in [4.78, 5) is 12.1. The highest BCUT2D eigenvalue weighted by atomic mass is 19.1. The summed E-state index contributed by atoms with van der Waals surface area (Å²) in [5.41, 5.74) is 1.50. The van der Waals surface area contributed by atoms with Crippen molar-refractivity contribution in [2.75, 3.05) is 12.4 Å². The molecule has 0 fully saturated rings. The van der Waals surface area contributed by atoms with E-state index in [4.69, 9.17) is 4.74 Å². The molecule has 0 atom stereocenters. The van der Waals surface area contributed by atoms with E-state index in [0.29, 0.717) is 16.3 Å². The number of amides is 1. The minimum absolute atomic E-state index is 0.0425. The summed E-state index contributed by atoms with van der Waals surface area (Å²) in [6.07, 6.45) is 0. The highest BCUT2D eigenvalue weighted by molar-refractivity contribution is 5.83. The average Bonchev–Trinajstić information content (AvgIpc) is 2.61. The number of nitrogens with one attached hydrogen (secondary N) is 1. The number of ether oxygens (including phenoxy) is 1. The molecule has 6 heteroatoms. The molecule has 2 rings (SSSR count). The van der Waals surface area contributed by atoms with Crippen LogP contribution in [0.1, 0.15) is 45.7 Å². The van der Waals surface area contributed by atoms with Crippen molar-refractivity contribution in [3.63, 3.8) is 0 Å². The van der Waals surface area contributed by atoms with Crippen molar-refractivity contribution >= 4 is 17.3 Å². The molecule has 0 bridgehead atoms. The minimum atomic E-state index is -1.10. The zero-order valence-electron chi connectivity index (χ0n) is 17.3. The van der Waals surface area contributed by atoms with Crippen molar-refractivity contribution in [3.05, 3.63) is 59.4 Å². The van der Waals surface area contributed by atoms with Crippen LogP contribution in [0.15, 0.2) is 42.5 Å². The van der Waals surface area contributed by atoms with Gasteiger partial charge in [-0.2, -0.15) is 0 Å². The van der Waals surface area contributed by atoms with E-state index in [1.807, 2.05) is 39.0 Å². The molecule has 2 aromatic carbocycles. The molecule has 0 heterocycles. The maximum absolute atomic E-state index is 14.3. The SMILES string of the molecule is COC(C)(C)C(=O)N(O)Cc1ccc(Nc2ccc(C(C)(C)C)c(F)c2)cc1. The maximum Gasteiger partial charge on any atom is 0.277 e. The molecule has 28 heavy (non-hydrogen) atoms. The molecule has 5 nitrogen and oxygen atoms in total. The molecule has 0 saturated heterocycles. The Kier molecular flexibility index (Phi) is 6.47. The zero-order valence-corrected chi connectivity index (χ0v) is 17.3. The lowest BCUT2D eigenvalue weighted by atomic mass is 9.86. The molecule has 0 aliphatic heterocycles. The van der Waals surface area contributed by atoms with Crippen LogP contribution >= 0.6 is 0 Å². The third-order valence-electron chi connectivity index (χ3n) is 4.61. The van der Waals surface area contributed by atoms with E-state index in [1.54, 1.807) is 32.0 Å². The summed E-state index contributed by atoms with van der Waals surface area (Å²) in [6, 6.07) is 12.3. The minimum Gasteiger partial charge on any atom is -0.369 e. The Morgan fingerprint density at radius 3 is 2.14 bits per heavy atom. The lowest BCUT2D eigenvalue weighted by Crippen LogP contribution is -2.44. The normalized spacial score (nSPS) is 12.0. The smallest absolute Gasteiger partial charge is 0.277 e. The van der Waals surface area contributed by atoms with Crippen LogP contribution in [-0.2, 0) is 21.5 Å². The number of hydroxylamine groups is 2. The fourth-order valence-corrected chi connectivity index (χ4v) is 2.70. The topological polar surface area (TPSA) is 61.8 Å². The Balaban J connectivity index is 2.05. The molecule has 0 saturated carbocycles. The molecule has 2 aromatic rings. The van der Waals surface area contributed by atoms with Gasteiger partial charge in [0.25, 0.3) is 5.91 Å². The predicted octanol–water partition coefficient (Wildman–Crippen LogP) is 5.01. The standard InChI is InChI=1S/C22H29FN2O3/c1-21(2,3)18-12-11-17(13-19(18)23)24-16-9-7-15(8-10-16)14-25(27)20(26)22(4,5)28-6/h7-13,24,27H,14H2,1-6H3. The van der Waals surface area contributed by atoms with Crippen LogP contribution in [0.2, 0.25) is 0 Å². The summed E-state index contributed by atoms with van der Waals surface area (Å²) in [6.45, 7) is 9.15. The largest absolute Gasteiger partial charge is 0.369 e. The fourth-order valence-electron chi connectivity index (χ4n) is 2.70. The number of nitrogens with zero attached hydrogens (tertiary/aromatic N) is 1. The highest BCUT2D eigenvalue weighted by Crippen LogP contribution is 2.28. The first-order valence-corrected chi connectivity index (χ1v) is 9.16. The lowest BCUT2D eigenvalue weighted by molar-refractivity contribution is -0.187. The van der Waals surface area contributed by atoms with Gasteiger partial charge in [-0.05, 0) is 54.7 Å². The Bertz CT molecular complexity index is 827. The van der Waals surface area contributed by atoms with Gasteiger partial charge in [-0.15, -0.1) is 0 Å². The molecule has 0 spiro atoms. The lowest BCUT2D eigenvalue weighted by Gasteiger charge is -2.26. The van der Waals surface area contributed by atoms with Gasteiger partial charge >= 0.3 is 0 Å². The number of hydrogen-bond acceptors (Lipinski definition) is 4.